The predicted molar refractivity (Wildman–Crippen MR) is 111 cm³/mol. The van der Waals surface area contributed by atoms with E-state index < -0.39 is 12.1 Å². The van der Waals surface area contributed by atoms with Crippen LogP contribution in [0, 0.1) is 0 Å². The Hall–Kier alpha value is -3.06. The zero-order valence-electron chi connectivity index (χ0n) is 16.8. The summed E-state index contributed by atoms with van der Waals surface area (Å²) in [6.07, 6.45) is 0.216. The molecule has 0 aliphatic carbocycles. The summed E-state index contributed by atoms with van der Waals surface area (Å²) in [6.45, 7) is 1.35. The zero-order valence-corrected chi connectivity index (χ0v) is 16.8. The maximum Gasteiger partial charge on any atom is 0.333 e. The molecule has 0 aliphatic heterocycles. The van der Waals surface area contributed by atoms with Gasteiger partial charge in [-0.2, -0.15) is 0 Å². The Balaban J connectivity index is 1.65. The first-order valence-electron chi connectivity index (χ1n) is 9.50. The van der Waals surface area contributed by atoms with Crippen LogP contribution in [-0.2, 0) is 20.7 Å². The lowest BCUT2D eigenvalue weighted by atomic mass is 10.1. The number of carbonyl (C=O) groups excluding carboxylic acids is 1. The van der Waals surface area contributed by atoms with E-state index in [1.165, 1.54) is 7.11 Å². The van der Waals surface area contributed by atoms with Crippen LogP contribution in [0.2, 0.25) is 0 Å². The van der Waals surface area contributed by atoms with E-state index in [1.54, 1.807) is 24.3 Å². The van der Waals surface area contributed by atoms with Gasteiger partial charge in [0, 0.05) is 39.4 Å². The Bertz CT molecular complexity index is 765. The summed E-state index contributed by atoms with van der Waals surface area (Å²) in [6, 6.07) is 17.0. The monoisotopic (exact) mass is 400 g/mol. The SMILES string of the molecule is COC(Cc1ccc(OCC(=O)NCCCN(C)c2ccccc2)cc1)C(=O)O. The summed E-state index contributed by atoms with van der Waals surface area (Å²) < 4.78 is 10.4. The van der Waals surface area contributed by atoms with Crippen molar-refractivity contribution in [2.45, 2.75) is 18.9 Å². The highest BCUT2D eigenvalue weighted by Crippen LogP contribution is 2.14. The van der Waals surface area contributed by atoms with E-state index in [0.717, 1.165) is 24.2 Å². The smallest absolute Gasteiger partial charge is 0.333 e. The summed E-state index contributed by atoms with van der Waals surface area (Å²) >= 11 is 0. The number of carbonyl (C=O) groups is 2. The molecule has 2 N–H and O–H groups in total. The third-order valence-electron chi connectivity index (χ3n) is 4.46. The second-order valence-electron chi connectivity index (χ2n) is 6.66. The minimum absolute atomic E-state index is 0.0658. The Labute approximate surface area is 171 Å². The second-order valence-corrected chi connectivity index (χ2v) is 6.66. The lowest BCUT2D eigenvalue weighted by Gasteiger charge is -2.19. The van der Waals surface area contributed by atoms with E-state index in [9.17, 15) is 9.59 Å². The summed E-state index contributed by atoms with van der Waals surface area (Å²) in [4.78, 5) is 25.1. The van der Waals surface area contributed by atoms with Crippen molar-refractivity contribution in [3.05, 3.63) is 60.2 Å². The van der Waals surface area contributed by atoms with Gasteiger partial charge >= 0.3 is 5.97 Å². The van der Waals surface area contributed by atoms with Crippen molar-refractivity contribution < 1.29 is 24.2 Å². The minimum Gasteiger partial charge on any atom is -0.484 e. The van der Waals surface area contributed by atoms with Crippen LogP contribution in [0.3, 0.4) is 0 Å². The number of hydrogen-bond donors (Lipinski definition) is 2. The normalized spacial score (nSPS) is 11.5. The lowest BCUT2D eigenvalue weighted by Crippen LogP contribution is -2.31. The van der Waals surface area contributed by atoms with Gasteiger partial charge in [0.05, 0.1) is 0 Å². The molecular weight excluding hydrogens is 372 g/mol. The van der Waals surface area contributed by atoms with E-state index >= 15 is 0 Å². The average Bonchev–Trinajstić information content (AvgIpc) is 2.74. The zero-order chi connectivity index (χ0) is 21.1. The molecule has 0 fully saturated rings. The summed E-state index contributed by atoms with van der Waals surface area (Å²) in [5, 5.41) is 11.9. The van der Waals surface area contributed by atoms with Gasteiger partial charge in [0.15, 0.2) is 12.7 Å². The van der Waals surface area contributed by atoms with Gasteiger partial charge in [0.1, 0.15) is 5.75 Å². The fourth-order valence-electron chi connectivity index (χ4n) is 2.76. The van der Waals surface area contributed by atoms with E-state index in [1.807, 2.05) is 25.2 Å². The van der Waals surface area contributed by atoms with Crippen molar-refractivity contribution in [2.75, 3.05) is 38.8 Å². The van der Waals surface area contributed by atoms with Gasteiger partial charge in [0.2, 0.25) is 0 Å². The van der Waals surface area contributed by atoms with Gasteiger partial charge in [-0.3, -0.25) is 4.79 Å². The molecule has 2 aromatic rings. The highest BCUT2D eigenvalue weighted by Gasteiger charge is 2.16. The molecule has 2 aromatic carbocycles. The number of methoxy groups -OCH3 is 1. The van der Waals surface area contributed by atoms with E-state index in [0.29, 0.717) is 12.3 Å². The molecule has 0 aliphatic rings. The molecule has 0 saturated heterocycles. The number of ether oxygens (including phenoxy) is 2. The number of amides is 1. The maximum absolute atomic E-state index is 11.9. The number of carboxylic acid groups (broad SMARTS) is 1. The Morgan fingerprint density at radius 3 is 2.41 bits per heavy atom. The lowest BCUT2D eigenvalue weighted by molar-refractivity contribution is -0.148. The highest BCUT2D eigenvalue weighted by molar-refractivity contribution is 5.77. The van der Waals surface area contributed by atoms with Gasteiger partial charge in [-0.1, -0.05) is 30.3 Å². The minimum atomic E-state index is -1.00. The maximum atomic E-state index is 11.9. The number of nitrogens with one attached hydrogen (secondary N) is 1. The van der Waals surface area contributed by atoms with Crippen molar-refractivity contribution in [2.24, 2.45) is 0 Å². The molecule has 1 unspecified atom stereocenters. The number of nitrogens with zero attached hydrogens (tertiary/aromatic N) is 1. The van der Waals surface area contributed by atoms with Gasteiger partial charge in [-0.15, -0.1) is 0 Å². The van der Waals surface area contributed by atoms with Crippen LogP contribution < -0.4 is 15.0 Å². The molecule has 0 radical (unpaired) electrons. The van der Waals surface area contributed by atoms with Gasteiger partial charge < -0.3 is 24.8 Å². The fourth-order valence-corrected chi connectivity index (χ4v) is 2.76. The first kappa shape index (κ1) is 22.2. The highest BCUT2D eigenvalue weighted by atomic mass is 16.5. The number of hydrogen-bond acceptors (Lipinski definition) is 5. The fraction of sp³-hybridized carbons (Fsp3) is 0.364. The third kappa shape index (κ3) is 7.83. The van der Waals surface area contributed by atoms with E-state index in [4.69, 9.17) is 14.6 Å². The van der Waals surface area contributed by atoms with Crippen molar-refractivity contribution >= 4 is 17.6 Å². The summed E-state index contributed by atoms with van der Waals surface area (Å²) in [5.41, 5.74) is 1.96. The quantitative estimate of drug-likeness (QED) is 0.532. The molecule has 1 amide bonds. The molecule has 29 heavy (non-hydrogen) atoms. The molecule has 7 heteroatoms. The number of anilines is 1. The molecular formula is C22H28N2O5. The number of benzene rings is 2. The van der Waals surface area contributed by atoms with Crippen LogP contribution >= 0.6 is 0 Å². The molecule has 7 nitrogen and oxygen atoms in total. The molecule has 0 spiro atoms. The van der Waals surface area contributed by atoms with Crippen molar-refractivity contribution in [1.82, 2.24) is 5.32 Å². The number of aliphatic carboxylic acids is 1. The third-order valence-corrected chi connectivity index (χ3v) is 4.46. The molecule has 0 heterocycles. The predicted octanol–water partition coefficient (Wildman–Crippen LogP) is 2.35. The van der Waals surface area contributed by atoms with Crippen LogP contribution in [0.15, 0.2) is 54.6 Å². The molecule has 0 saturated carbocycles. The van der Waals surface area contributed by atoms with Crippen LogP contribution in [0.4, 0.5) is 5.69 Å². The number of rotatable bonds is 12. The molecule has 2 rings (SSSR count). The van der Waals surface area contributed by atoms with Crippen LogP contribution in [0.1, 0.15) is 12.0 Å². The van der Waals surface area contributed by atoms with Gasteiger partial charge in [-0.25, -0.2) is 4.79 Å². The van der Waals surface area contributed by atoms with Crippen molar-refractivity contribution in [1.29, 1.82) is 0 Å². The Morgan fingerprint density at radius 1 is 1.10 bits per heavy atom. The second kappa shape index (κ2) is 11.7. The van der Waals surface area contributed by atoms with Crippen LogP contribution in [0.5, 0.6) is 5.75 Å². The van der Waals surface area contributed by atoms with Gasteiger partial charge in [-0.05, 0) is 36.2 Å². The van der Waals surface area contributed by atoms with Crippen molar-refractivity contribution in [3.8, 4) is 5.75 Å². The first-order valence-corrected chi connectivity index (χ1v) is 9.50. The largest absolute Gasteiger partial charge is 0.484 e. The Kier molecular flexibility index (Phi) is 8.98. The molecule has 156 valence electrons. The standard InChI is InChI=1S/C22H28N2O5/c1-24(18-7-4-3-5-8-18)14-6-13-23-21(25)16-29-19-11-9-17(10-12-19)15-20(28-2)22(26)27/h3-5,7-12,20H,6,13-16H2,1-2H3,(H,23,25)(H,26,27). The Morgan fingerprint density at radius 2 is 1.79 bits per heavy atom. The summed E-state index contributed by atoms with van der Waals surface area (Å²) in [7, 11) is 3.39. The first-order chi connectivity index (χ1) is 14.0. The molecule has 0 bridgehead atoms. The molecule has 0 aromatic heterocycles. The number of para-hydroxylation sites is 1. The van der Waals surface area contributed by atoms with Crippen molar-refractivity contribution in [3.63, 3.8) is 0 Å². The number of carboxylic acids is 1. The van der Waals surface area contributed by atoms with Crippen LogP contribution in [0.25, 0.3) is 0 Å². The van der Waals surface area contributed by atoms with E-state index in [2.05, 4.69) is 22.3 Å². The van der Waals surface area contributed by atoms with Crippen LogP contribution in [-0.4, -0.2) is 56.9 Å². The summed E-state index contributed by atoms with van der Waals surface area (Å²) in [5.74, 6) is -0.627. The van der Waals surface area contributed by atoms with E-state index in [-0.39, 0.29) is 18.9 Å². The topological polar surface area (TPSA) is 88.1 Å². The van der Waals surface area contributed by atoms with Gasteiger partial charge in [0.25, 0.3) is 5.91 Å². The average molecular weight is 400 g/mol. The molecule has 1 atom stereocenters.